The zero-order chi connectivity index (χ0) is 14.1. The summed E-state index contributed by atoms with van der Waals surface area (Å²) in [5, 5.41) is 10.6. The molecular weight excluding hydrogens is 274 g/mol. The van der Waals surface area contributed by atoms with Crippen molar-refractivity contribution in [1.29, 1.82) is 0 Å². The van der Waals surface area contributed by atoms with Crippen molar-refractivity contribution in [2.45, 2.75) is 6.92 Å². The third-order valence-electron chi connectivity index (χ3n) is 2.85. The fourth-order valence-corrected chi connectivity index (χ4v) is 2.80. The first-order valence-corrected chi connectivity index (χ1v) is 6.89. The van der Waals surface area contributed by atoms with Crippen molar-refractivity contribution in [2.75, 3.05) is 7.11 Å². The van der Waals surface area contributed by atoms with Crippen LogP contribution in [0.15, 0.2) is 36.4 Å². The second-order valence-electron chi connectivity index (χ2n) is 4.30. The number of aromatic hydroxyl groups is 1. The minimum Gasteiger partial charge on any atom is -0.504 e. The number of aromatic nitrogens is 1. The van der Waals surface area contributed by atoms with Crippen LogP contribution in [0.1, 0.15) is 5.01 Å². The first-order chi connectivity index (χ1) is 9.65. The Morgan fingerprint density at radius 2 is 1.85 bits per heavy atom. The summed E-state index contributed by atoms with van der Waals surface area (Å²) in [5.74, 6) is 1.82. The SMILES string of the molecule is COc1cc(Oc2ccc3nc(C)sc3c2)ccc1O. The third kappa shape index (κ3) is 2.40. The molecule has 0 amide bonds. The van der Waals surface area contributed by atoms with Gasteiger partial charge in [-0.15, -0.1) is 11.3 Å². The fourth-order valence-electron chi connectivity index (χ4n) is 1.94. The maximum atomic E-state index is 9.56. The second-order valence-corrected chi connectivity index (χ2v) is 5.53. The molecule has 0 radical (unpaired) electrons. The van der Waals surface area contributed by atoms with Gasteiger partial charge in [0.05, 0.1) is 22.3 Å². The van der Waals surface area contributed by atoms with Crippen molar-refractivity contribution in [1.82, 2.24) is 4.98 Å². The molecule has 3 aromatic rings. The monoisotopic (exact) mass is 287 g/mol. The highest BCUT2D eigenvalue weighted by Crippen LogP contribution is 2.33. The molecule has 1 aromatic heterocycles. The zero-order valence-electron chi connectivity index (χ0n) is 11.1. The number of thiazole rings is 1. The van der Waals surface area contributed by atoms with Crippen LogP contribution in [0, 0.1) is 6.92 Å². The molecule has 1 heterocycles. The van der Waals surface area contributed by atoms with Crippen LogP contribution in [0.5, 0.6) is 23.0 Å². The molecule has 0 spiro atoms. The van der Waals surface area contributed by atoms with E-state index in [9.17, 15) is 5.11 Å². The third-order valence-corrected chi connectivity index (χ3v) is 3.79. The highest BCUT2D eigenvalue weighted by atomic mass is 32.1. The van der Waals surface area contributed by atoms with Crippen LogP contribution in [0.3, 0.4) is 0 Å². The quantitative estimate of drug-likeness (QED) is 0.787. The van der Waals surface area contributed by atoms with Gasteiger partial charge in [-0.3, -0.25) is 0 Å². The molecule has 0 aliphatic carbocycles. The van der Waals surface area contributed by atoms with Gasteiger partial charge in [0, 0.05) is 12.1 Å². The molecule has 0 bridgehead atoms. The number of fused-ring (bicyclic) bond motifs is 1. The Kier molecular flexibility index (Phi) is 3.20. The van der Waals surface area contributed by atoms with Gasteiger partial charge in [0.15, 0.2) is 11.5 Å². The molecular formula is C15H13NO3S. The summed E-state index contributed by atoms with van der Waals surface area (Å²) < 4.78 is 11.9. The lowest BCUT2D eigenvalue weighted by atomic mass is 10.3. The Bertz CT molecular complexity index is 767. The summed E-state index contributed by atoms with van der Waals surface area (Å²) in [6, 6.07) is 10.7. The summed E-state index contributed by atoms with van der Waals surface area (Å²) in [6.45, 7) is 1.98. The maximum Gasteiger partial charge on any atom is 0.164 e. The van der Waals surface area contributed by atoms with Crippen LogP contribution in [0.2, 0.25) is 0 Å². The van der Waals surface area contributed by atoms with Gasteiger partial charge in [0.25, 0.3) is 0 Å². The molecule has 0 saturated carbocycles. The summed E-state index contributed by atoms with van der Waals surface area (Å²) >= 11 is 1.63. The molecule has 0 unspecified atom stereocenters. The van der Waals surface area contributed by atoms with E-state index < -0.39 is 0 Å². The second kappa shape index (κ2) is 5.02. The van der Waals surface area contributed by atoms with Gasteiger partial charge in [0.1, 0.15) is 11.5 Å². The number of phenols is 1. The normalized spacial score (nSPS) is 10.7. The van der Waals surface area contributed by atoms with E-state index in [4.69, 9.17) is 9.47 Å². The lowest BCUT2D eigenvalue weighted by Crippen LogP contribution is -1.87. The van der Waals surface area contributed by atoms with Crippen molar-refractivity contribution in [3.63, 3.8) is 0 Å². The van der Waals surface area contributed by atoms with Crippen molar-refractivity contribution in [3.05, 3.63) is 41.4 Å². The average molecular weight is 287 g/mol. The Balaban J connectivity index is 1.92. The first kappa shape index (κ1) is 12.7. The van der Waals surface area contributed by atoms with Gasteiger partial charge in [-0.2, -0.15) is 0 Å². The molecule has 5 heteroatoms. The van der Waals surface area contributed by atoms with Crippen LogP contribution in [-0.2, 0) is 0 Å². The van der Waals surface area contributed by atoms with Crippen LogP contribution >= 0.6 is 11.3 Å². The summed E-state index contributed by atoms with van der Waals surface area (Å²) in [7, 11) is 1.50. The molecule has 1 N–H and O–H groups in total. The van der Waals surface area contributed by atoms with Gasteiger partial charge >= 0.3 is 0 Å². The molecule has 0 saturated heterocycles. The van der Waals surface area contributed by atoms with Gasteiger partial charge in [-0.1, -0.05) is 0 Å². The Labute approximate surface area is 120 Å². The number of ether oxygens (including phenoxy) is 2. The maximum absolute atomic E-state index is 9.56. The lowest BCUT2D eigenvalue weighted by Gasteiger charge is -2.08. The van der Waals surface area contributed by atoms with E-state index in [1.165, 1.54) is 7.11 Å². The number of methoxy groups -OCH3 is 1. The van der Waals surface area contributed by atoms with Gasteiger partial charge < -0.3 is 14.6 Å². The molecule has 0 atom stereocenters. The Morgan fingerprint density at radius 1 is 1.10 bits per heavy atom. The first-order valence-electron chi connectivity index (χ1n) is 6.08. The van der Waals surface area contributed by atoms with E-state index in [0.717, 1.165) is 21.0 Å². The topological polar surface area (TPSA) is 51.6 Å². The minimum absolute atomic E-state index is 0.0911. The molecule has 0 aliphatic rings. The molecule has 102 valence electrons. The van der Waals surface area contributed by atoms with Crippen molar-refractivity contribution in [3.8, 4) is 23.0 Å². The van der Waals surface area contributed by atoms with Crippen LogP contribution in [0.4, 0.5) is 0 Å². The highest BCUT2D eigenvalue weighted by Gasteiger charge is 2.06. The highest BCUT2D eigenvalue weighted by molar-refractivity contribution is 7.18. The lowest BCUT2D eigenvalue weighted by molar-refractivity contribution is 0.369. The van der Waals surface area contributed by atoms with Crippen LogP contribution in [0.25, 0.3) is 10.2 Å². The number of phenolic OH excluding ortho intramolecular Hbond substituents is 1. The molecule has 20 heavy (non-hydrogen) atoms. The van der Waals surface area contributed by atoms with Gasteiger partial charge in [-0.25, -0.2) is 4.98 Å². The zero-order valence-corrected chi connectivity index (χ0v) is 11.9. The van der Waals surface area contributed by atoms with E-state index in [1.807, 2.05) is 25.1 Å². The molecule has 4 nitrogen and oxygen atoms in total. The number of hydrogen-bond donors (Lipinski definition) is 1. The van der Waals surface area contributed by atoms with E-state index in [-0.39, 0.29) is 5.75 Å². The summed E-state index contributed by atoms with van der Waals surface area (Å²) in [6.07, 6.45) is 0. The molecule has 2 aromatic carbocycles. The van der Waals surface area contributed by atoms with E-state index in [1.54, 1.807) is 29.5 Å². The largest absolute Gasteiger partial charge is 0.504 e. The smallest absolute Gasteiger partial charge is 0.164 e. The predicted octanol–water partition coefficient (Wildman–Crippen LogP) is 4.11. The van der Waals surface area contributed by atoms with Crippen molar-refractivity contribution >= 4 is 21.6 Å². The average Bonchev–Trinajstić information content (AvgIpc) is 2.80. The Hall–Kier alpha value is -2.27. The van der Waals surface area contributed by atoms with Crippen LogP contribution < -0.4 is 9.47 Å². The predicted molar refractivity (Wildman–Crippen MR) is 79.1 cm³/mol. The van der Waals surface area contributed by atoms with Gasteiger partial charge in [-0.05, 0) is 31.2 Å². The molecule has 0 aliphatic heterocycles. The molecule has 3 rings (SSSR count). The number of nitrogens with zero attached hydrogens (tertiary/aromatic N) is 1. The minimum atomic E-state index is 0.0911. The number of aryl methyl sites for hydroxylation is 1. The van der Waals surface area contributed by atoms with E-state index >= 15 is 0 Å². The Morgan fingerprint density at radius 3 is 2.65 bits per heavy atom. The summed E-state index contributed by atoms with van der Waals surface area (Å²) in [5.41, 5.74) is 0.975. The van der Waals surface area contributed by atoms with Crippen LogP contribution in [-0.4, -0.2) is 17.2 Å². The van der Waals surface area contributed by atoms with E-state index in [2.05, 4.69) is 4.98 Å². The van der Waals surface area contributed by atoms with Crippen molar-refractivity contribution in [2.24, 2.45) is 0 Å². The molecule has 0 fully saturated rings. The number of rotatable bonds is 3. The van der Waals surface area contributed by atoms with E-state index in [0.29, 0.717) is 11.5 Å². The standard InChI is InChI=1S/C15H13NO3S/c1-9-16-12-5-3-11(8-15(12)20-9)19-10-4-6-13(17)14(7-10)18-2/h3-8,17H,1-2H3. The number of benzene rings is 2. The summed E-state index contributed by atoms with van der Waals surface area (Å²) in [4.78, 5) is 4.41. The van der Waals surface area contributed by atoms with Gasteiger partial charge in [0.2, 0.25) is 0 Å². The van der Waals surface area contributed by atoms with Crippen molar-refractivity contribution < 1.29 is 14.6 Å². The fraction of sp³-hybridized carbons (Fsp3) is 0.133. The number of hydrogen-bond acceptors (Lipinski definition) is 5.